The van der Waals surface area contributed by atoms with E-state index in [1.165, 1.54) is 6.92 Å². The van der Waals surface area contributed by atoms with Crippen LogP contribution in [0.5, 0.6) is 5.75 Å². The Morgan fingerprint density at radius 2 is 1.71 bits per heavy atom. The Morgan fingerprint density at radius 3 is 2.45 bits per heavy atom. The molecule has 6 heteroatoms. The molecule has 2 aromatic carbocycles. The van der Waals surface area contributed by atoms with E-state index in [2.05, 4.69) is 5.32 Å². The lowest BCUT2D eigenvalue weighted by molar-refractivity contribution is -0.129. The van der Waals surface area contributed by atoms with Crippen LogP contribution >= 0.6 is 0 Å². The summed E-state index contributed by atoms with van der Waals surface area (Å²) in [4.78, 5) is 26.4. The molecule has 0 bridgehead atoms. The average Bonchev–Trinajstić information content (AvgIpc) is 3.16. The Labute approximate surface area is 183 Å². The number of carbonyl (C=O) groups excluding carboxylic acids is 2. The van der Waals surface area contributed by atoms with E-state index in [-0.39, 0.29) is 23.8 Å². The number of benzene rings is 2. The van der Waals surface area contributed by atoms with E-state index >= 15 is 0 Å². The van der Waals surface area contributed by atoms with Crippen molar-refractivity contribution >= 4 is 11.8 Å². The van der Waals surface area contributed by atoms with Gasteiger partial charge in [0.15, 0.2) is 0 Å². The molecule has 1 aliphatic carbocycles. The van der Waals surface area contributed by atoms with Crippen LogP contribution in [0.4, 0.5) is 0 Å². The van der Waals surface area contributed by atoms with Crippen molar-refractivity contribution in [2.24, 2.45) is 11.8 Å². The van der Waals surface area contributed by atoms with Gasteiger partial charge in [-0.1, -0.05) is 48.5 Å². The molecule has 1 saturated carbocycles. The molecule has 0 spiro atoms. The molecule has 1 aliphatic heterocycles. The summed E-state index contributed by atoms with van der Waals surface area (Å²) in [6, 6.07) is 17.4. The number of nitrogens with zero attached hydrogens (tertiary/aromatic N) is 1. The van der Waals surface area contributed by atoms with Crippen molar-refractivity contribution in [3.63, 3.8) is 0 Å². The number of aliphatic hydroxyl groups is 1. The highest BCUT2D eigenvalue weighted by Crippen LogP contribution is 2.37. The summed E-state index contributed by atoms with van der Waals surface area (Å²) >= 11 is 0. The number of carbonyl (C=O) groups is 2. The maximum absolute atomic E-state index is 13.1. The van der Waals surface area contributed by atoms with Crippen LogP contribution in [0.1, 0.15) is 30.9 Å². The van der Waals surface area contributed by atoms with Gasteiger partial charge in [-0.25, -0.2) is 0 Å². The number of fused-ring (bicyclic) bond motifs is 1. The molecule has 2 N–H and O–H groups in total. The van der Waals surface area contributed by atoms with Gasteiger partial charge in [-0.2, -0.15) is 0 Å². The minimum Gasteiger partial charge on any atom is -0.489 e. The van der Waals surface area contributed by atoms with Crippen LogP contribution in [0.15, 0.2) is 54.6 Å². The molecule has 31 heavy (non-hydrogen) atoms. The zero-order valence-electron chi connectivity index (χ0n) is 17.9. The van der Waals surface area contributed by atoms with E-state index in [9.17, 15) is 14.7 Å². The summed E-state index contributed by atoms with van der Waals surface area (Å²) in [6.07, 6.45) is 1.08. The van der Waals surface area contributed by atoms with Crippen molar-refractivity contribution in [2.45, 2.75) is 44.9 Å². The van der Waals surface area contributed by atoms with Gasteiger partial charge in [0, 0.05) is 25.6 Å². The number of hydrogen-bond acceptors (Lipinski definition) is 4. The summed E-state index contributed by atoms with van der Waals surface area (Å²) in [5.74, 6) is 1.29. The quantitative estimate of drug-likeness (QED) is 0.750. The Balaban J connectivity index is 1.37. The van der Waals surface area contributed by atoms with Gasteiger partial charge < -0.3 is 20.1 Å². The first-order valence-corrected chi connectivity index (χ1v) is 11.0. The maximum atomic E-state index is 13.1. The van der Waals surface area contributed by atoms with Crippen LogP contribution < -0.4 is 10.1 Å². The second-order valence-electron chi connectivity index (χ2n) is 8.72. The molecule has 0 aromatic heterocycles. The number of para-hydroxylation sites is 1. The van der Waals surface area contributed by atoms with Crippen LogP contribution in [0.3, 0.4) is 0 Å². The van der Waals surface area contributed by atoms with Crippen molar-refractivity contribution in [3.8, 4) is 5.75 Å². The Kier molecular flexibility index (Phi) is 6.56. The fraction of sp³-hybridized carbons (Fsp3) is 0.440. The number of likely N-dealkylation sites (tertiary alicyclic amines) is 1. The molecule has 164 valence electrons. The van der Waals surface area contributed by atoms with Crippen molar-refractivity contribution in [2.75, 3.05) is 13.1 Å². The highest BCUT2D eigenvalue weighted by atomic mass is 16.5. The maximum Gasteiger partial charge on any atom is 0.227 e. The number of aliphatic hydroxyl groups excluding tert-OH is 1. The van der Waals surface area contributed by atoms with Gasteiger partial charge in [0.25, 0.3) is 0 Å². The Morgan fingerprint density at radius 1 is 1.03 bits per heavy atom. The first-order chi connectivity index (χ1) is 15.0. The molecular formula is C25H30N2O4. The average molecular weight is 423 g/mol. The van der Waals surface area contributed by atoms with E-state index in [1.54, 1.807) is 0 Å². The topological polar surface area (TPSA) is 78.9 Å². The van der Waals surface area contributed by atoms with Gasteiger partial charge in [-0.15, -0.1) is 0 Å². The standard InChI is InChI=1S/C25H30N2O4/c1-17(28)26-22-11-20-14-27(15-21(20)12-23(22)29)25(30)13-19-9-5-6-10-24(19)31-16-18-7-3-2-4-8-18/h2-10,20-23,29H,11-16H2,1H3,(H,26,28)/t20-,21+,22-,23-/m1/s1. The van der Waals surface area contributed by atoms with Gasteiger partial charge in [-0.05, 0) is 36.3 Å². The monoisotopic (exact) mass is 422 g/mol. The number of rotatable bonds is 6. The second kappa shape index (κ2) is 9.52. The van der Waals surface area contributed by atoms with Crippen LogP contribution in [0.2, 0.25) is 0 Å². The predicted octanol–water partition coefficient (Wildman–Crippen LogP) is 2.54. The van der Waals surface area contributed by atoms with Gasteiger partial charge >= 0.3 is 0 Å². The lowest BCUT2D eigenvalue weighted by Crippen LogP contribution is -2.48. The number of amides is 2. The van der Waals surface area contributed by atoms with Crippen molar-refractivity contribution in [1.29, 1.82) is 0 Å². The number of nitrogens with one attached hydrogen (secondary N) is 1. The largest absolute Gasteiger partial charge is 0.489 e. The second-order valence-corrected chi connectivity index (χ2v) is 8.72. The van der Waals surface area contributed by atoms with Crippen molar-refractivity contribution in [1.82, 2.24) is 10.2 Å². The van der Waals surface area contributed by atoms with Crippen molar-refractivity contribution in [3.05, 3.63) is 65.7 Å². The minimum atomic E-state index is -0.549. The molecule has 2 aliphatic rings. The van der Waals surface area contributed by atoms with E-state index in [0.717, 1.165) is 16.9 Å². The van der Waals surface area contributed by atoms with Gasteiger partial charge in [0.1, 0.15) is 12.4 Å². The molecule has 6 nitrogen and oxygen atoms in total. The Hall–Kier alpha value is -2.86. The molecule has 0 radical (unpaired) electrons. The highest BCUT2D eigenvalue weighted by Gasteiger charge is 2.43. The molecule has 4 rings (SSSR count). The summed E-state index contributed by atoms with van der Waals surface area (Å²) in [7, 11) is 0. The Bertz CT molecular complexity index is 917. The normalized spacial score (nSPS) is 25.0. The molecule has 2 fully saturated rings. The fourth-order valence-corrected chi connectivity index (χ4v) is 4.85. The number of ether oxygens (including phenoxy) is 1. The van der Waals surface area contributed by atoms with Gasteiger partial charge in [0.2, 0.25) is 11.8 Å². The summed E-state index contributed by atoms with van der Waals surface area (Å²) in [5, 5.41) is 13.2. The molecular weight excluding hydrogens is 392 g/mol. The zero-order valence-corrected chi connectivity index (χ0v) is 17.9. The van der Waals surface area contributed by atoms with E-state index < -0.39 is 6.10 Å². The van der Waals surface area contributed by atoms with Crippen molar-refractivity contribution < 1.29 is 19.4 Å². The van der Waals surface area contributed by atoms with E-state index in [0.29, 0.717) is 44.9 Å². The molecule has 2 amide bonds. The third-order valence-corrected chi connectivity index (χ3v) is 6.43. The summed E-state index contributed by atoms with van der Waals surface area (Å²) in [6.45, 7) is 3.28. The fourth-order valence-electron chi connectivity index (χ4n) is 4.85. The lowest BCUT2D eigenvalue weighted by Gasteiger charge is -2.35. The molecule has 1 saturated heterocycles. The SMILES string of the molecule is CC(=O)N[C@@H]1C[C@@H]2CN(C(=O)Cc3ccccc3OCc3ccccc3)C[C@@H]2C[C@H]1O. The minimum absolute atomic E-state index is 0.0794. The van der Waals surface area contributed by atoms with Gasteiger partial charge in [0.05, 0.1) is 18.6 Å². The highest BCUT2D eigenvalue weighted by molar-refractivity contribution is 5.80. The summed E-state index contributed by atoms with van der Waals surface area (Å²) < 4.78 is 6.00. The molecule has 2 aromatic rings. The predicted molar refractivity (Wildman–Crippen MR) is 117 cm³/mol. The summed E-state index contributed by atoms with van der Waals surface area (Å²) in [5.41, 5.74) is 1.97. The first kappa shape index (κ1) is 21.4. The van der Waals surface area contributed by atoms with Crippen LogP contribution in [0, 0.1) is 11.8 Å². The zero-order chi connectivity index (χ0) is 21.8. The van der Waals surface area contributed by atoms with Crippen LogP contribution in [-0.2, 0) is 22.6 Å². The lowest BCUT2D eigenvalue weighted by atomic mass is 9.77. The van der Waals surface area contributed by atoms with Crippen LogP contribution in [-0.4, -0.2) is 47.1 Å². The van der Waals surface area contributed by atoms with Crippen LogP contribution in [0.25, 0.3) is 0 Å². The van der Waals surface area contributed by atoms with Gasteiger partial charge in [-0.3, -0.25) is 9.59 Å². The van der Waals surface area contributed by atoms with E-state index in [1.807, 2.05) is 59.5 Å². The third kappa shape index (κ3) is 5.25. The van der Waals surface area contributed by atoms with E-state index in [4.69, 9.17) is 4.74 Å². The molecule has 4 atom stereocenters. The first-order valence-electron chi connectivity index (χ1n) is 11.0. The molecule has 1 heterocycles. The number of hydrogen-bond donors (Lipinski definition) is 2. The smallest absolute Gasteiger partial charge is 0.227 e. The molecule has 0 unspecified atom stereocenters. The third-order valence-electron chi connectivity index (χ3n) is 6.43.